The van der Waals surface area contributed by atoms with Crippen molar-refractivity contribution >= 4 is 11.9 Å². The third-order valence-corrected chi connectivity index (χ3v) is 6.20. The molecule has 0 aromatic carbocycles. The zero-order chi connectivity index (χ0) is 48.0. The lowest BCUT2D eigenvalue weighted by molar-refractivity contribution is -0.473. The van der Waals surface area contributed by atoms with Gasteiger partial charge in [-0.2, -0.15) is 149 Å². The Morgan fingerprint density at radius 1 is 0.241 bits per heavy atom. The molecule has 58 heavy (non-hydrogen) atoms. The number of alkyl halides is 34. The molecule has 0 aromatic rings. The topological polar surface area (TPSA) is 52.6 Å². The van der Waals surface area contributed by atoms with E-state index in [2.05, 4.69) is 0 Å². The van der Waals surface area contributed by atoms with Gasteiger partial charge in [-0.05, 0) is 0 Å². The van der Waals surface area contributed by atoms with Crippen LogP contribution in [0.2, 0.25) is 0 Å². The summed E-state index contributed by atoms with van der Waals surface area (Å²) in [5.41, 5.74) is 0. The quantitative estimate of drug-likeness (QED) is 0.0879. The van der Waals surface area contributed by atoms with E-state index >= 15 is 0 Å². The van der Waals surface area contributed by atoms with Crippen LogP contribution in [0, 0.1) is 0 Å². The van der Waals surface area contributed by atoms with Gasteiger partial charge in [0.2, 0.25) is 0 Å². The average Bonchev–Trinajstić information content (AvgIpc) is 2.97. The molecule has 38 heteroatoms. The number of esters is 2. The monoisotopic (exact) mass is 952 g/mol. The molecule has 0 unspecified atom stereocenters. The molecule has 0 radical (unpaired) electrons. The van der Waals surface area contributed by atoms with E-state index in [0.29, 0.717) is 0 Å². The summed E-state index contributed by atoms with van der Waals surface area (Å²) in [4.78, 5) is 22.2. The fourth-order valence-electron chi connectivity index (χ4n) is 2.88. The zero-order valence-corrected chi connectivity index (χ0v) is 24.6. The van der Waals surface area contributed by atoms with Crippen LogP contribution >= 0.6 is 0 Å². The van der Waals surface area contributed by atoms with Crippen molar-refractivity contribution in [1.29, 1.82) is 0 Å². The van der Waals surface area contributed by atoms with Crippen LogP contribution in [0.3, 0.4) is 0 Å². The SMILES string of the molecule is O=C(/C=C/C(=O)OC(F)(F)C(F)(F)C(F)(F)C(F)(F)C(F)(F)C(F)(F)C(F)(F)C(F)(F)F)OC(F)(F)C(F)(F)C(F)(F)C(F)(F)C(F)(F)C(F)(F)C(F)(F)C(F)(F)F. The molecule has 0 saturated carbocycles. The molecule has 0 N–H and O–H groups in total. The van der Waals surface area contributed by atoms with Crippen LogP contribution in [-0.2, 0) is 19.1 Å². The molecule has 0 fully saturated rings. The minimum absolute atomic E-state index is 1.82. The Labute approximate surface area is 289 Å². The molecule has 0 aliphatic rings. The van der Waals surface area contributed by atoms with Gasteiger partial charge in [0, 0.05) is 12.2 Å². The lowest BCUT2D eigenvalue weighted by atomic mass is 9.90. The summed E-state index contributed by atoms with van der Waals surface area (Å²) in [6.45, 7) is 0. The van der Waals surface area contributed by atoms with Gasteiger partial charge < -0.3 is 9.47 Å². The molecular formula is C20H2F34O4. The Balaban J connectivity index is 6.66. The van der Waals surface area contributed by atoms with Crippen molar-refractivity contribution in [2.45, 2.75) is 95.6 Å². The molecule has 4 nitrogen and oxygen atoms in total. The molecule has 0 rings (SSSR count). The first-order valence-corrected chi connectivity index (χ1v) is 12.1. The highest BCUT2D eigenvalue weighted by molar-refractivity contribution is 5.91. The van der Waals surface area contributed by atoms with E-state index < -0.39 is 120 Å². The maximum Gasteiger partial charge on any atom is 0.473 e. The van der Waals surface area contributed by atoms with E-state index in [1.165, 1.54) is 0 Å². The maximum absolute atomic E-state index is 13.7. The molecule has 344 valence electrons. The predicted molar refractivity (Wildman–Crippen MR) is 103 cm³/mol. The van der Waals surface area contributed by atoms with Crippen molar-refractivity contribution in [2.24, 2.45) is 0 Å². The fraction of sp³-hybridized carbons (Fsp3) is 0.800. The number of halogens is 34. The highest BCUT2D eigenvalue weighted by atomic mass is 19.4. The van der Waals surface area contributed by atoms with Crippen molar-refractivity contribution in [3.05, 3.63) is 12.2 Å². The van der Waals surface area contributed by atoms with Crippen molar-refractivity contribution in [1.82, 2.24) is 0 Å². The van der Waals surface area contributed by atoms with Crippen LogP contribution < -0.4 is 0 Å². The molecular weight excluding hydrogens is 950 g/mol. The van der Waals surface area contributed by atoms with E-state index in [1.54, 1.807) is 0 Å². The van der Waals surface area contributed by atoms with E-state index in [0.717, 1.165) is 0 Å². The minimum atomic E-state index is -9.29. The number of rotatable bonds is 16. The summed E-state index contributed by atoms with van der Waals surface area (Å²) < 4.78 is 451. The summed E-state index contributed by atoms with van der Waals surface area (Å²) >= 11 is 0. The Morgan fingerprint density at radius 2 is 0.379 bits per heavy atom. The first-order valence-electron chi connectivity index (χ1n) is 12.1. The molecule has 0 aromatic heterocycles. The average molecular weight is 952 g/mol. The van der Waals surface area contributed by atoms with Crippen LogP contribution in [0.5, 0.6) is 0 Å². The molecule has 0 bridgehead atoms. The molecule has 0 spiro atoms. The highest BCUT2D eigenvalue weighted by Crippen LogP contribution is 2.66. The number of hydrogen-bond donors (Lipinski definition) is 0. The van der Waals surface area contributed by atoms with Crippen molar-refractivity contribution in [3.63, 3.8) is 0 Å². The predicted octanol–water partition coefficient (Wildman–Crippen LogP) is 10.6. The van der Waals surface area contributed by atoms with Crippen molar-refractivity contribution < 1.29 is 168 Å². The van der Waals surface area contributed by atoms with Crippen LogP contribution in [-0.4, -0.2) is 108 Å². The second kappa shape index (κ2) is 13.9. The van der Waals surface area contributed by atoms with Gasteiger partial charge in [-0.15, -0.1) is 0 Å². The van der Waals surface area contributed by atoms with Gasteiger partial charge in [-0.3, -0.25) is 0 Å². The van der Waals surface area contributed by atoms with Crippen molar-refractivity contribution in [3.8, 4) is 0 Å². The Hall–Kier alpha value is -3.70. The summed E-state index contributed by atoms with van der Waals surface area (Å²) in [5.74, 6) is -116. The van der Waals surface area contributed by atoms with Crippen molar-refractivity contribution in [2.75, 3.05) is 0 Å². The van der Waals surface area contributed by atoms with Gasteiger partial charge in [0.25, 0.3) is 0 Å². The van der Waals surface area contributed by atoms with E-state index in [4.69, 9.17) is 0 Å². The normalized spacial score (nSPS) is 16.5. The standard InChI is InChI=1S/C20H2F34O4/c21-5(22,9(29,30)13(37,38)17(45,46)47)7(25,26)11(33,34)15(41,42)19(51,52)57-3(55)1-2-4(56)58-20(53,54)16(43,44)12(35,36)8(27,28)6(23,24)10(31,32)14(39,40)18(48,49)50/h1-2H/b2-1+. The fourth-order valence-corrected chi connectivity index (χ4v) is 2.88. The number of hydrogen-bond acceptors (Lipinski definition) is 4. The molecule has 0 aliphatic carbocycles. The number of carbonyl (C=O) groups excluding carboxylic acids is 2. The largest absolute Gasteiger partial charge is 0.473 e. The molecule has 0 aliphatic heterocycles. The third-order valence-electron chi connectivity index (χ3n) is 6.20. The second-order valence-electron chi connectivity index (χ2n) is 10.1. The minimum Gasteiger partial charge on any atom is -0.393 e. The number of ether oxygens (including phenoxy) is 2. The van der Waals surface area contributed by atoms with E-state index in [1.807, 2.05) is 9.47 Å². The van der Waals surface area contributed by atoms with Crippen LogP contribution in [0.1, 0.15) is 0 Å². The molecule has 0 atom stereocenters. The number of carbonyl (C=O) groups is 2. The molecule has 0 saturated heterocycles. The van der Waals surface area contributed by atoms with Gasteiger partial charge in [-0.1, -0.05) is 0 Å². The molecule has 0 heterocycles. The first kappa shape index (κ1) is 54.3. The first-order chi connectivity index (χ1) is 24.5. The summed E-state index contributed by atoms with van der Waals surface area (Å²) in [5, 5.41) is 0. The van der Waals surface area contributed by atoms with Crippen LogP contribution in [0.15, 0.2) is 12.2 Å². The maximum atomic E-state index is 13.7. The Morgan fingerprint density at radius 3 is 0.534 bits per heavy atom. The van der Waals surface area contributed by atoms with Gasteiger partial charge in [0.05, 0.1) is 0 Å². The van der Waals surface area contributed by atoms with Gasteiger partial charge >= 0.3 is 108 Å². The Bertz CT molecular complexity index is 1450. The summed E-state index contributed by atoms with van der Waals surface area (Å²) in [6, 6.07) is 0. The van der Waals surface area contributed by atoms with Gasteiger partial charge in [-0.25, -0.2) is 9.59 Å². The van der Waals surface area contributed by atoms with Gasteiger partial charge in [0.1, 0.15) is 0 Å². The summed E-state index contributed by atoms with van der Waals surface area (Å²) in [6.07, 6.45) is -36.2. The third kappa shape index (κ3) is 7.30. The Kier molecular flexibility index (Phi) is 13.0. The second-order valence-corrected chi connectivity index (χ2v) is 10.1. The lowest BCUT2D eigenvalue weighted by Gasteiger charge is -2.42. The highest BCUT2D eigenvalue weighted by Gasteiger charge is 2.97. The zero-order valence-electron chi connectivity index (χ0n) is 24.6. The van der Waals surface area contributed by atoms with E-state index in [9.17, 15) is 159 Å². The summed E-state index contributed by atoms with van der Waals surface area (Å²) in [7, 11) is 0. The van der Waals surface area contributed by atoms with E-state index in [-0.39, 0.29) is 0 Å². The van der Waals surface area contributed by atoms with Crippen LogP contribution in [0.4, 0.5) is 149 Å². The van der Waals surface area contributed by atoms with Crippen LogP contribution in [0.25, 0.3) is 0 Å². The molecule has 0 amide bonds. The van der Waals surface area contributed by atoms with Gasteiger partial charge in [0.15, 0.2) is 0 Å². The lowest BCUT2D eigenvalue weighted by Crippen LogP contribution is -2.74. The smallest absolute Gasteiger partial charge is 0.393 e.